The van der Waals surface area contributed by atoms with Gasteiger partial charge in [0.05, 0.1) is 11.6 Å². The van der Waals surface area contributed by atoms with Crippen molar-refractivity contribution in [2.24, 2.45) is 0 Å². The third kappa shape index (κ3) is 2.10. The Labute approximate surface area is 51.5 Å². The zero-order valence-corrected chi connectivity index (χ0v) is 6.18. The first-order valence-corrected chi connectivity index (χ1v) is 4.66. The van der Waals surface area contributed by atoms with E-state index >= 15 is 0 Å². The highest BCUT2D eigenvalue weighted by atomic mass is 28.3. The fourth-order valence-corrected chi connectivity index (χ4v) is 1.26. The molecule has 0 spiro atoms. The second-order valence-electron chi connectivity index (χ2n) is 1.73. The Morgan fingerprint density at radius 1 is 1.88 bits per heavy atom. The Kier molecular flexibility index (Phi) is 3.49. The Balaban J connectivity index is 3.57. The quantitative estimate of drug-likeness (QED) is 0.562. The summed E-state index contributed by atoms with van der Waals surface area (Å²) >= 11 is 0. The average molecular weight is 128 g/mol. The Morgan fingerprint density at radius 3 is 2.38 bits per heavy atom. The highest BCUT2D eigenvalue weighted by Crippen LogP contribution is 2.09. The average Bonchev–Trinajstić information content (AvgIpc) is 1.69. The molecule has 0 bridgehead atoms. The van der Waals surface area contributed by atoms with E-state index in [0.29, 0.717) is 0 Å². The van der Waals surface area contributed by atoms with Gasteiger partial charge in [-0.25, -0.2) is 0 Å². The van der Waals surface area contributed by atoms with Crippen molar-refractivity contribution in [2.45, 2.75) is 25.4 Å². The molecule has 1 radical (unpaired) electrons. The van der Waals surface area contributed by atoms with Crippen molar-refractivity contribution in [3.05, 3.63) is 0 Å². The van der Waals surface area contributed by atoms with E-state index in [4.69, 9.17) is 10.1 Å². The van der Waals surface area contributed by atoms with Crippen LogP contribution in [0, 0.1) is 11.3 Å². The van der Waals surface area contributed by atoms with E-state index in [2.05, 4.69) is 0 Å². The lowest BCUT2D eigenvalue weighted by Crippen LogP contribution is -2.13. The first kappa shape index (κ1) is 7.67. The zero-order chi connectivity index (χ0) is 6.57. The molecule has 1 N–H and O–H groups in total. The molecule has 1 atom stereocenters. The van der Waals surface area contributed by atoms with E-state index < -0.39 is 9.04 Å². The third-order valence-electron chi connectivity index (χ3n) is 1.07. The first-order valence-electron chi connectivity index (χ1n) is 2.64. The van der Waals surface area contributed by atoms with Gasteiger partial charge in [0.15, 0.2) is 0 Å². The van der Waals surface area contributed by atoms with E-state index in [1.165, 1.54) is 0 Å². The molecule has 0 aromatic rings. The van der Waals surface area contributed by atoms with Crippen LogP contribution in [0.3, 0.4) is 0 Å². The van der Waals surface area contributed by atoms with Gasteiger partial charge >= 0.3 is 0 Å². The number of rotatable bonds is 2. The van der Waals surface area contributed by atoms with Crippen LogP contribution in [0.2, 0.25) is 12.1 Å². The largest absolute Gasteiger partial charge is 0.430 e. The summed E-state index contributed by atoms with van der Waals surface area (Å²) in [5, 5.41) is 8.31. The van der Waals surface area contributed by atoms with Crippen LogP contribution >= 0.6 is 0 Å². The minimum absolute atomic E-state index is 0.0833. The van der Waals surface area contributed by atoms with E-state index in [-0.39, 0.29) is 5.54 Å². The molecule has 1 unspecified atom stereocenters. The molecule has 0 fully saturated rings. The lowest BCUT2D eigenvalue weighted by atomic mass is 10.4. The molecular weight excluding hydrogens is 118 g/mol. The highest BCUT2D eigenvalue weighted by Gasteiger charge is 2.13. The van der Waals surface area contributed by atoms with Gasteiger partial charge in [-0.05, 0) is 13.0 Å². The summed E-state index contributed by atoms with van der Waals surface area (Å²) < 4.78 is 0. The van der Waals surface area contributed by atoms with Gasteiger partial charge in [-0.2, -0.15) is 5.26 Å². The molecule has 2 nitrogen and oxygen atoms in total. The van der Waals surface area contributed by atoms with E-state index in [0.717, 1.165) is 6.42 Å². The van der Waals surface area contributed by atoms with Crippen LogP contribution in [0.1, 0.15) is 13.3 Å². The van der Waals surface area contributed by atoms with Crippen LogP contribution in [0.25, 0.3) is 0 Å². The maximum absolute atomic E-state index is 8.89. The maximum atomic E-state index is 8.89. The number of hydrogen-bond donors (Lipinski definition) is 1. The minimum atomic E-state index is -1.34. The summed E-state index contributed by atoms with van der Waals surface area (Å²) in [6, 6.07) is 2.05. The highest BCUT2D eigenvalue weighted by molar-refractivity contribution is 6.51. The third-order valence-corrected chi connectivity index (χ3v) is 2.61. The molecule has 0 rings (SSSR count). The molecule has 3 heteroatoms. The van der Waals surface area contributed by atoms with Crippen LogP contribution in [-0.2, 0) is 0 Å². The van der Waals surface area contributed by atoms with Gasteiger partial charge in [0.25, 0.3) is 0 Å². The molecule has 0 amide bonds. The maximum Gasteiger partial charge on any atom is 0.221 e. The molecule has 0 heterocycles. The van der Waals surface area contributed by atoms with Gasteiger partial charge in [-0.1, -0.05) is 6.92 Å². The molecular formula is C5H10NOSi. The van der Waals surface area contributed by atoms with Gasteiger partial charge in [0.1, 0.15) is 0 Å². The van der Waals surface area contributed by atoms with Gasteiger partial charge in [-0.15, -0.1) is 0 Å². The molecule has 0 aromatic carbocycles. The smallest absolute Gasteiger partial charge is 0.221 e. The van der Waals surface area contributed by atoms with Crippen LogP contribution in [-0.4, -0.2) is 13.8 Å². The van der Waals surface area contributed by atoms with Gasteiger partial charge in [0, 0.05) is 0 Å². The fourth-order valence-electron chi connectivity index (χ4n) is 0.480. The Morgan fingerprint density at radius 2 is 2.38 bits per heavy atom. The summed E-state index contributed by atoms with van der Waals surface area (Å²) in [5.74, 6) is 0. The molecule has 0 aliphatic rings. The SMILES string of the molecule is CCC(C#N)[Si](C)O. The van der Waals surface area contributed by atoms with Crippen molar-refractivity contribution in [3.8, 4) is 6.07 Å². The van der Waals surface area contributed by atoms with Gasteiger partial charge in [0.2, 0.25) is 9.04 Å². The lowest BCUT2D eigenvalue weighted by Gasteiger charge is -2.03. The lowest BCUT2D eigenvalue weighted by molar-refractivity contribution is 0.562. The number of nitrogens with zero attached hydrogens (tertiary/aromatic N) is 1. The monoisotopic (exact) mass is 128 g/mol. The molecule has 8 heavy (non-hydrogen) atoms. The normalized spacial score (nSPS) is 13.4. The molecule has 0 aliphatic carbocycles. The van der Waals surface area contributed by atoms with Gasteiger partial charge in [-0.3, -0.25) is 0 Å². The molecule has 0 saturated carbocycles. The fraction of sp³-hybridized carbons (Fsp3) is 0.800. The van der Waals surface area contributed by atoms with Crippen molar-refractivity contribution < 1.29 is 4.80 Å². The van der Waals surface area contributed by atoms with Crippen molar-refractivity contribution >= 4 is 9.04 Å². The number of hydrogen-bond acceptors (Lipinski definition) is 2. The van der Waals surface area contributed by atoms with E-state index in [1.807, 2.05) is 13.0 Å². The van der Waals surface area contributed by atoms with Crippen molar-refractivity contribution in [1.29, 1.82) is 5.26 Å². The zero-order valence-electron chi connectivity index (χ0n) is 5.18. The number of nitriles is 1. The summed E-state index contributed by atoms with van der Waals surface area (Å²) in [5.41, 5.74) is -0.0833. The molecule has 0 saturated heterocycles. The summed E-state index contributed by atoms with van der Waals surface area (Å²) in [6.45, 7) is 3.65. The summed E-state index contributed by atoms with van der Waals surface area (Å²) in [7, 11) is -1.34. The van der Waals surface area contributed by atoms with Crippen LogP contribution in [0.5, 0.6) is 0 Å². The van der Waals surface area contributed by atoms with Crippen molar-refractivity contribution in [1.82, 2.24) is 0 Å². The van der Waals surface area contributed by atoms with E-state index in [1.54, 1.807) is 6.55 Å². The van der Waals surface area contributed by atoms with E-state index in [9.17, 15) is 0 Å². The topological polar surface area (TPSA) is 44.0 Å². The first-order chi connectivity index (χ1) is 3.72. The van der Waals surface area contributed by atoms with Crippen molar-refractivity contribution in [2.75, 3.05) is 0 Å². The van der Waals surface area contributed by atoms with Crippen LogP contribution in [0.4, 0.5) is 0 Å². The summed E-state index contributed by atoms with van der Waals surface area (Å²) in [4.78, 5) is 8.89. The Bertz CT molecular complexity index is 97.1. The second-order valence-corrected chi connectivity index (χ2v) is 3.71. The Hall–Kier alpha value is -0.333. The van der Waals surface area contributed by atoms with Crippen LogP contribution in [0.15, 0.2) is 0 Å². The second kappa shape index (κ2) is 3.64. The predicted octanol–water partition coefficient (Wildman–Crippen LogP) is 0.904. The van der Waals surface area contributed by atoms with Crippen LogP contribution < -0.4 is 0 Å². The molecule has 45 valence electrons. The summed E-state index contributed by atoms with van der Waals surface area (Å²) in [6.07, 6.45) is 0.776. The standard InChI is InChI=1S/C5H10NOSi/c1-3-5(4-6)8(2)7/h5,7H,3H2,1-2H3. The molecule has 0 aliphatic heterocycles. The molecule has 0 aromatic heterocycles. The van der Waals surface area contributed by atoms with Crippen molar-refractivity contribution in [3.63, 3.8) is 0 Å². The minimum Gasteiger partial charge on any atom is -0.430 e. The predicted molar refractivity (Wildman–Crippen MR) is 33.5 cm³/mol. The van der Waals surface area contributed by atoms with Gasteiger partial charge < -0.3 is 4.80 Å².